The summed E-state index contributed by atoms with van der Waals surface area (Å²) in [5.74, 6) is 0.884. The van der Waals surface area contributed by atoms with Crippen molar-refractivity contribution in [3.63, 3.8) is 0 Å². The predicted molar refractivity (Wildman–Crippen MR) is 69.7 cm³/mol. The Labute approximate surface area is 101 Å². The lowest BCUT2D eigenvalue weighted by atomic mass is 9.85. The zero-order chi connectivity index (χ0) is 11.4. The zero-order valence-electron chi connectivity index (χ0n) is 11.0. The van der Waals surface area contributed by atoms with Gasteiger partial charge in [0.05, 0.1) is 0 Å². The minimum absolute atomic E-state index is 0.670. The van der Waals surface area contributed by atoms with Gasteiger partial charge in [0.1, 0.15) is 0 Å². The lowest BCUT2D eigenvalue weighted by Gasteiger charge is -2.33. The molecule has 0 bridgehead atoms. The van der Waals surface area contributed by atoms with Gasteiger partial charge in [0.25, 0.3) is 0 Å². The van der Waals surface area contributed by atoms with Crippen molar-refractivity contribution < 1.29 is 0 Å². The first-order chi connectivity index (χ1) is 7.75. The lowest BCUT2D eigenvalue weighted by molar-refractivity contribution is 0.229. The molecule has 0 radical (unpaired) electrons. The number of nitrogens with one attached hydrogen (secondary N) is 1. The van der Waals surface area contributed by atoms with Crippen LogP contribution in [0.4, 0.5) is 0 Å². The summed E-state index contributed by atoms with van der Waals surface area (Å²) < 4.78 is 0. The molecule has 2 fully saturated rings. The van der Waals surface area contributed by atoms with Gasteiger partial charge in [-0.25, -0.2) is 0 Å². The van der Waals surface area contributed by atoms with Gasteiger partial charge in [-0.3, -0.25) is 0 Å². The van der Waals surface area contributed by atoms with Gasteiger partial charge in [0.2, 0.25) is 0 Å². The Morgan fingerprint density at radius 3 is 2.50 bits per heavy atom. The maximum absolute atomic E-state index is 3.85. The molecule has 0 amide bonds. The number of nitrogens with zero attached hydrogens (tertiary/aromatic N) is 1. The van der Waals surface area contributed by atoms with E-state index in [1.54, 1.807) is 0 Å². The highest BCUT2D eigenvalue weighted by Crippen LogP contribution is 2.24. The quantitative estimate of drug-likeness (QED) is 0.790. The van der Waals surface area contributed by atoms with Crippen LogP contribution in [-0.4, -0.2) is 36.6 Å². The van der Waals surface area contributed by atoms with Gasteiger partial charge in [-0.05, 0) is 51.6 Å². The molecule has 2 aliphatic rings. The predicted octanol–water partition coefficient (Wildman–Crippen LogP) is 2.64. The van der Waals surface area contributed by atoms with Crippen molar-refractivity contribution in [1.82, 2.24) is 10.2 Å². The first kappa shape index (κ1) is 12.4. The van der Waals surface area contributed by atoms with Gasteiger partial charge >= 0.3 is 0 Å². The second-order valence-electron chi connectivity index (χ2n) is 5.94. The van der Waals surface area contributed by atoms with E-state index in [2.05, 4.69) is 24.1 Å². The maximum atomic E-state index is 3.85. The molecule has 94 valence electrons. The van der Waals surface area contributed by atoms with Crippen molar-refractivity contribution in [1.29, 1.82) is 0 Å². The molecule has 16 heavy (non-hydrogen) atoms. The average molecular weight is 224 g/mol. The van der Waals surface area contributed by atoms with Crippen LogP contribution in [0.25, 0.3) is 0 Å². The Hall–Kier alpha value is -0.0800. The molecule has 1 saturated carbocycles. The molecule has 2 heteroatoms. The summed E-state index contributed by atoms with van der Waals surface area (Å²) in [6, 6.07) is 1.45. The van der Waals surface area contributed by atoms with Crippen molar-refractivity contribution in [2.75, 3.05) is 19.6 Å². The van der Waals surface area contributed by atoms with Crippen molar-refractivity contribution >= 4 is 0 Å². The van der Waals surface area contributed by atoms with Crippen molar-refractivity contribution in [3.05, 3.63) is 0 Å². The van der Waals surface area contributed by atoms with Crippen molar-refractivity contribution in [2.24, 2.45) is 5.92 Å². The molecule has 2 rings (SSSR count). The maximum Gasteiger partial charge on any atom is 0.0169 e. The van der Waals surface area contributed by atoms with E-state index in [1.165, 1.54) is 58.2 Å². The van der Waals surface area contributed by atoms with Gasteiger partial charge in [-0.15, -0.1) is 0 Å². The summed E-state index contributed by atoms with van der Waals surface area (Å²) in [5.41, 5.74) is 0. The number of likely N-dealkylation sites (tertiary alicyclic amines) is 1. The van der Waals surface area contributed by atoms with E-state index in [0.29, 0.717) is 6.04 Å². The normalized spacial score (nSPS) is 34.1. The second-order valence-corrected chi connectivity index (χ2v) is 5.94. The van der Waals surface area contributed by atoms with Crippen LogP contribution in [-0.2, 0) is 0 Å². The molecule has 1 aliphatic heterocycles. The van der Waals surface area contributed by atoms with Gasteiger partial charge < -0.3 is 10.2 Å². The van der Waals surface area contributed by atoms with E-state index in [9.17, 15) is 0 Å². The molecular weight excluding hydrogens is 196 g/mol. The highest BCUT2D eigenvalue weighted by atomic mass is 15.2. The van der Waals surface area contributed by atoms with Gasteiger partial charge in [0.15, 0.2) is 0 Å². The molecule has 0 aromatic carbocycles. The number of hydrogen-bond donors (Lipinski definition) is 1. The Kier molecular flexibility index (Phi) is 4.66. The van der Waals surface area contributed by atoms with Crippen LogP contribution in [0.5, 0.6) is 0 Å². The van der Waals surface area contributed by atoms with Crippen LogP contribution >= 0.6 is 0 Å². The molecule has 1 saturated heterocycles. The van der Waals surface area contributed by atoms with Crippen LogP contribution in [0.2, 0.25) is 0 Å². The number of hydrogen-bond acceptors (Lipinski definition) is 2. The SMILES string of the molecule is CC(CN1CCCC1)NC1CCCCC1C. The highest BCUT2D eigenvalue weighted by Gasteiger charge is 2.23. The van der Waals surface area contributed by atoms with E-state index >= 15 is 0 Å². The van der Waals surface area contributed by atoms with Crippen LogP contribution in [0.1, 0.15) is 52.4 Å². The zero-order valence-corrected chi connectivity index (χ0v) is 11.0. The van der Waals surface area contributed by atoms with Crippen LogP contribution < -0.4 is 5.32 Å². The fraction of sp³-hybridized carbons (Fsp3) is 1.00. The van der Waals surface area contributed by atoms with Crippen LogP contribution in [0.3, 0.4) is 0 Å². The standard InChI is InChI=1S/C14H28N2/c1-12-7-3-4-8-14(12)15-13(2)11-16-9-5-6-10-16/h12-15H,3-11H2,1-2H3. The van der Waals surface area contributed by atoms with E-state index in [1.807, 2.05) is 0 Å². The Morgan fingerprint density at radius 2 is 1.81 bits per heavy atom. The summed E-state index contributed by atoms with van der Waals surface area (Å²) in [6.07, 6.45) is 8.51. The Bertz CT molecular complexity index is 199. The fourth-order valence-electron chi connectivity index (χ4n) is 3.33. The third-order valence-electron chi connectivity index (χ3n) is 4.34. The van der Waals surface area contributed by atoms with Crippen LogP contribution in [0, 0.1) is 5.92 Å². The molecule has 0 aromatic rings. The van der Waals surface area contributed by atoms with Crippen molar-refractivity contribution in [2.45, 2.75) is 64.5 Å². The molecule has 2 nitrogen and oxygen atoms in total. The number of rotatable bonds is 4. The average Bonchev–Trinajstić information content (AvgIpc) is 2.74. The van der Waals surface area contributed by atoms with Gasteiger partial charge in [-0.1, -0.05) is 19.8 Å². The Balaban J connectivity index is 1.70. The molecule has 1 aliphatic carbocycles. The molecule has 1 N–H and O–H groups in total. The molecule has 3 unspecified atom stereocenters. The van der Waals surface area contributed by atoms with E-state index in [4.69, 9.17) is 0 Å². The van der Waals surface area contributed by atoms with Crippen LogP contribution in [0.15, 0.2) is 0 Å². The molecular formula is C14H28N2. The largest absolute Gasteiger partial charge is 0.310 e. The van der Waals surface area contributed by atoms with Gasteiger partial charge in [-0.2, -0.15) is 0 Å². The summed E-state index contributed by atoms with van der Waals surface area (Å²) in [5, 5.41) is 3.85. The van der Waals surface area contributed by atoms with E-state index in [-0.39, 0.29) is 0 Å². The van der Waals surface area contributed by atoms with E-state index < -0.39 is 0 Å². The minimum atomic E-state index is 0.670. The molecule has 1 heterocycles. The lowest BCUT2D eigenvalue weighted by Crippen LogP contribution is -2.46. The highest BCUT2D eigenvalue weighted by molar-refractivity contribution is 4.82. The Morgan fingerprint density at radius 1 is 1.12 bits per heavy atom. The molecule has 0 spiro atoms. The van der Waals surface area contributed by atoms with Crippen molar-refractivity contribution in [3.8, 4) is 0 Å². The topological polar surface area (TPSA) is 15.3 Å². The third-order valence-corrected chi connectivity index (χ3v) is 4.34. The molecule has 0 aromatic heterocycles. The monoisotopic (exact) mass is 224 g/mol. The second kappa shape index (κ2) is 6.02. The smallest absolute Gasteiger partial charge is 0.0169 e. The fourth-order valence-corrected chi connectivity index (χ4v) is 3.33. The first-order valence-corrected chi connectivity index (χ1v) is 7.24. The molecule has 3 atom stereocenters. The summed E-state index contributed by atoms with van der Waals surface area (Å²) >= 11 is 0. The van der Waals surface area contributed by atoms with Gasteiger partial charge in [0, 0.05) is 18.6 Å². The summed E-state index contributed by atoms with van der Waals surface area (Å²) in [6.45, 7) is 8.68. The summed E-state index contributed by atoms with van der Waals surface area (Å²) in [7, 11) is 0. The first-order valence-electron chi connectivity index (χ1n) is 7.24. The third kappa shape index (κ3) is 3.46. The van der Waals surface area contributed by atoms with E-state index in [0.717, 1.165) is 12.0 Å². The summed E-state index contributed by atoms with van der Waals surface area (Å²) in [4.78, 5) is 2.62. The minimum Gasteiger partial charge on any atom is -0.310 e.